The number of amides is 3. The van der Waals surface area contributed by atoms with E-state index in [-0.39, 0.29) is 11.9 Å². The lowest BCUT2D eigenvalue weighted by Crippen LogP contribution is -2.30. The first-order valence-electron chi connectivity index (χ1n) is 7.25. The molecular weight excluding hydrogens is 270 g/mol. The van der Waals surface area contributed by atoms with Crippen molar-refractivity contribution in [1.29, 1.82) is 0 Å². The van der Waals surface area contributed by atoms with Gasteiger partial charge in [0.2, 0.25) is 0 Å². The highest BCUT2D eigenvalue weighted by molar-refractivity contribution is 5.96. The highest BCUT2D eigenvalue weighted by Crippen LogP contribution is 2.17. The maximum absolute atomic E-state index is 12.1. The monoisotopic (exact) mass is 289 g/mol. The van der Waals surface area contributed by atoms with Crippen molar-refractivity contribution in [1.82, 2.24) is 10.6 Å². The van der Waals surface area contributed by atoms with Crippen LogP contribution in [0.3, 0.4) is 0 Å². The summed E-state index contributed by atoms with van der Waals surface area (Å²) in [5.74, 6) is 0.334. The Kier molecular flexibility index (Phi) is 4.06. The van der Waals surface area contributed by atoms with Crippen LogP contribution in [0.15, 0.2) is 24.3 Å². The van der Waals surface area contributed by atoms with Crippen LogP contribution in [0.25, 0.3) is 0 Å². The normalized spacial score (nSPS) is 21.4. The smallest absolute Gasteiger partial charge is 0.321 e. The van der Waals surface area contributed by atoms with E-state index in [1.807, 2.05) is 0 Å². The first kappa shape index (κ1) is 13.9. The van der Waals surface area contributed by atoms with E-state index < -0.39 is 0 Å². The van der Waals surface area contributed by atoms with Gasteiger partial charge in [0.05, 0.1) is 6.61 Å². The van der Waals surface area contributed by atoms with Crippen LogP contribution in [0.4, 0.5) is 10.5 Å². The van der Waals surface area contributed by atoms with E-state index in [4.69, 9.17) is 4.74 Å². The van der Waals surface area contributed by atoms with Gasteiger partial charge in [0, 0.05) is 43.4 Å². The maximum Gasteiger partial charge on any atom is 0.321 e. The van der Waals surface area contributed by atoms with Gasteiger partial charge in [-0.25, -0.2) is 4.79 Å². The summed E-state index contributed by atoms with van der Waals surface area (Å²) in [5.41, 5.74) is 1.42. The summed E-state index contributed by atoms with van der Waals surface area (Å²) in [6.07, 6.45) is 1.00. The van der Waals surface area contributed by atoms with Crippen LogP contribution < -0.4 is 15.5 Å². The molecule has 2 heterocycles. The first-order valence-corrected chi connectivity index (χ1v) is 7.25. The van der Waals surface area contributed by atoms with Gasteiger partial charge in [-0.1, -0.05) is 0 Å². The Morgan fingerprint density at radius 1 is 1.38 bits per heavy atom. The molecule has 6 heteroatoms. The third kappa shape index (κ3) is 3.16. The predicted octanol–water partition coefficient (Wildman–Crippen LogP) is 0.982. The quantitative estimate of drug-likeness (QED) is 0.868. The molecule has 2 aliphatic heterocycles. The highest BCUT2D eigenvalue weighted by atomic mass is 16.5. The Morgan fingerprint density at radius 2 is 2.19 bits per heavy atom. The van der Waals surface area contributed by atoms with Crippen LogP contribution in [0, 0.1) is 5.92 Å². The number of carbonyl (C=O) groups is 2. The number of anilines is 1. The second-order valence-electron chi connectivity index (χ2n) is 5.37. The van der Waals surface area contributed by atoms with Gasteiger partial charge < -0.3 is 15.4 Å². The number of nitrogens with one attached hydrogen (secondary N) is 2. The van der Waals surface area contributed by atoms with Crippen LogP contribution >= 0.6 is 0 Å². The van der Waals surface area contributed by atoms with Crippen LogP contribution in [0.5, 0.6) is 0 Å². The van der Waals surface area contributed by atoms with Gasteiger partial charge >= 0.3 is 6.03 Å². The molecule has 2 N–H and O–H groups in total. The molecule has 1 unspecified atom stereocenters. The Bertz CT molecular complexity index is 523. The lowest BCUT2D eigenvalue weighted by molar-refractivity contribution is 0.0945. The van der Waals surface area contributed by atoms with Gasteiger partial charge in [0.1, 0.15) is 0 Å². The van der Waals surface area contributed by atoms with E-state index >= 15 is 0 Å². The van der Waals surface area contributed by atoms with Crippen LogP contribution in [0.1, 0.15) is 16.8 Å². The van der Waals surface area contributed by atoms with Gasteiger partial charge in [0.15, 0.2) is 0 Å². The summed E-state index contributed by atoms with van der Waals surface area (Å²) in [4.78, 5) is 25.3. The first-order chi connectivity index (χ1) is 10.2. The zero-order valence-electron chi connectivity index (χ0n) is 11.8. The van der Waals surface area contributed by atoms with Crippen molar-refractivity contribution in [3.8, 4) is 0 Å². The molecule has 0 bridgehead atoms. The minimum atomic E-state index is -0.0894. The average molecular weight is 289 g/mol. The molecule has 0 radical (unpaired) electrons. The predicted molar refractivity (Wildman–Crippen MR) is 78.4 cm³/mol. The minimum Gasteiger partial charge on any atom is -0.381 e. The number of carbonyl (C=O) groups excluding carboxylic acids is 2. The summed E-state index contributed by atoms with van der Waals surface area (Å²) in [6, 6.07) is 7.02. The van der Waals surface area contributed by atoms with Crippen LogP contribution in [-0.4, -0.2) is 44.8 Å². The molecule has 1 aromatic carbocycles. The second kappa shape index (κ2) is 6.13. The molecule has 21 heavy (non-hydrogen) atoms. The zero-order chi connectivity index (χ0) is 14.7. The SMILES string of the molecule is O=C(NCC1CCOC1)c1ccc(N2CCNC2=O)cc1. The molecule has 0 saturated carbocycles. The van der Waals surface area contributed by atoms with Crippen molar-refractivity contribution in [3.63, 3.8) is 0 Å². The third-order valence-electron chi connectivity index (χ3n) is 3.87. The van der Waals surface area contributed by atoms with Gasteiger partial charge in [0.25, 0.3) is 5.91 Å². The van der Waals surface area contributed by atoms with Crippen molar-refractivity contribution < 1.29 is 14.3 Å². The summed E-state index contributed by atoms with van der Waals surface area (Å²) < 4.78 is 5.28. The van der Waals surface area contributed by atoms with Crippen LogP contribution in [0.2, 0.25) is 0 Å². The van der Waals surface area contributed by atoms with Crippen molar-refractivity contribution in [3.05, 3.63) is 29.8 Å². The fourth-order valence-corrected chi connectivity index (χ4v) is 2.59. The molecular formula is C15H19N3O3. The number of urea groups is 1. The van der Waals surface area contributed by atoms with E-state index in [2.05, 4.69) is 10.6 Å². The Labute approximate surface area is 123 Å². The highest BCUT2D eigenvalue weighted by Gasteiger charge is 2.21. The Hall–Kier alpha value is -2.08. The summed E-state index contributed by atoms with van der Waals surface area (Å²) in [7, 11) is 0. The van der Waals surface area contributed by atoms with E-state index in [0.29, 0.717) is 31.1 Å². The lowest BCUT2D eigenvalue weighted by atomic mass is 10.1. The van der Waals surface area contributed by atoms with E-state index in [0.717, 1.165) is 25.3 Å². The van der Waals surface area contributed by atoms with Gasteiger partial charge in [-0.3, -0.25) is 9.69 Å². The minimum absolute atomic E-state index is 0.0840. The van der Waals surface area contributed by atoms with Crippen molar-refractivity contribution >= 4 is 17.6 Å². The maximum atomic E-state index is 12.1. The standard InChI is InChI=1S/C15H19N3O3/c19-14(17-9-11-5-8-21-10-11)12-1-3-13(4-2-12)18-7-6-16-15(18)20/h1-4,11H,5-10H2,(H,16,20)(H,17,19). The fraction of sp³-hybridized carbons (Fsp3) is 0.467. The molecule has 2 aliphatic rings. The number of benzene rings is 1. The fourth-order valence-electron chi connectivity index (χ4n) is 2.59. The van der Waals surface area contributed by atoms with Gasteiger partial charge in [-0.2, -0.15) is 0 Å². The van der Waals surface area contributed by atoms with E-state index in [1.54, 1.807) is 29.2 Å². The molecule has 6 nitrogen and oxygen atoms in total. The molecule has 0 aromatic heterocycles. The van der Waals surface area contributed by atoms with Gasteiger partial charge in [-0.15, -0.1) is 0 Å². The average Bonchev–Trinajstić information content (AvgIpc) is 3.16. The third-order valence-corrected chi connectivity index (χ3v) is 3.87. The number of rotatable bonds is 4. The van der Waals surface area contributed by atoms with E-state index in [1.165, 1.54) is 0 Å². The molecule has 3 rings (SSSR count). The van der Waals surface area contributed by atoms with Crippen LogP contribution in [-0.2, 0) is 4.74 Å². The zero-order valence-corrected chi connectivity index (χ0v) is 11.8. The molecule has 1 aromatic rings. The number of nitrogens with zero attached hydrogens (tertiary/aromatic N) is 1. The molecule has 3 amide bonds. The molecule has 0 spiro atoms. The van der Waals surface area contributed by atoms with E-state index in [9.17, 15) is 9.59 Å². The largest absolute Gasteiger partial charge is 0.381 e. The summed E-state index contributed by atoms with van der Waals surface area (Å²) >= 11 is 0. The van der Waals surface area contributed by atoms with Crippen molar-refractivity contribution in [2.45, 2.75) is 6.42 Å². The summed E-state index contributed by atoms with van der Waals surface area (Å²) in [6.45, 7) is 3.47. The van der Waals surface area contributed by atoms with Gasteiger partial charge in [-0.05, 0) is 30.7 Å². The molecule has 0 aliphatic carbocycles. The molecule has 112 valence electrons. The Morgan fingerprint density at radius 3 is 2.81 bits per heavy atom. The van der Waals surface area contributed by atoms with Crippen molar-refractivity contribution in [2.75, 3.05) is 37.7 Å². The molecule has 2 saturated heterocycles. The lowest BCUT2D eigenvalue weighted by Gasteiger charge is -2.14. The number of hydrogen-bond donors (Lipinski definition) is 2. The van der Waals surface area contributed by atoms with Crippen molar-refractivity contribution in [2.24, 2.45) is 5.92 Å². The Balaban J connectivity index is 1.58. The topological polar surface area (TPSA) is 70.7 Å². The molecule has 1 atom stereocenters. The molecule has 2 fully saturated rings. The number of ether oxygens (including phenoxy) is 1. The number of hydrogen-bond acceptors (Lipinski definition) is 3. The second-order valence-corrected chi connectivity index (χ2v) is 5.37. The summed E-state index contributed by atoms with van der Waals surface area (Å²) in [5, 5.41) is 5.68.